The zero-order valence-electron chi connectivity index (χ0n) is 20.7. The van der Waals surface area contributed by atoms with Gasteiger partial charge in [0.25, 0.3) is 5.91 Å². The number of carbonyl (C=O) groups is 2. The molecule has 2 amide bonds. The van der Waals surface area contributed by atoms with Gasteiger partial charge in [-0.3, -0.25) is 9.59 Å². The lowest BCUT2D eigenvalue weighted by Gasteiger charge is -2.51. The normalized spacial score (nSPS) is 21.5. The molecule has 1 saturated heterocycles. The molecule has 6 rings (SSSR count). The van der Waals surface area contributed by atoms with Gasteiger partial charge in [-0.1, -0.05) is 60.2 Å². The number of fused-ring (bicyclic) bond motifs is 5. The number of aromatic nitrogens is 1. The van der Waals surface area contributed by atoms with E-state index in [0.717, 1.165) is 44.6 Å². The fourth-order valence-corrected chi connectivity index (χ4v) is 5.85. The number of rotatable bonds is 4. The Labute approximate surface area is 210 Å². The first-order valence-electron chi connectivity index (χ1n) is 12.3. The number of para-hydroxylation sites is 1. The van der Waals surface area contributed by atoms with Gasteiger partial charge in [-0.15, -0.1) is 0 Å². The van der Waals surface area contributed by atoms with Crippen molar-refractivity contribution in [1.82, 2.24) is 14.8 Å². The third kappa shape index (κ3) is 3.32. The lowest BCUT2D eigenvalue weighted by atomic mass is 9.76. The van der Waals surface area contributed by atoms with Crippen LogP contribution in [0.3, 0.4) is 0 Å². The van der Waals surface area contributed by atoms with Gasteiger partial charge in [0, 0.05) is 29.9 Å². The molecule has 3 aromatic carbocycles. The van der Waals surface area contributed by atoms with E-state index in [1.807, 2.05) is 68.4 Å². The number of hydrogen-bond acceptors (Lipinski definition) is 3. The highest BCUT2D eigenvalue weighted by Gasteiger charge is 2.56. The Hall–Kier alpha value is -4.06. The largest absolute Gasteiger partial charge is 0.497 e. The minimum atomic E-state index is -1.10. The average molecular weight is 480 g/mol. The Morgan fingerprint density at radius 1 is 1.00 bits per heavy atom. The van der Waals surface area contributed by atoms with Gasteiger partial charge in [0.05, 0.1) is 12.8 Å². The molecule has 2 aliphatic rings. The number of aromatic amines is 1. The fourth-order valence-electron chi connectivity index (χ4n) is 5.85. The molecule has 0 radical (unpaired) electrons. The highest BCUT2D eigenvalue weighted by molar-refractivity contribution is 6.01. The van der Waals surface area contributed by atoms with Crippen molar-refractivity contribution >= 4 is 22.7 Å². The Morgan fingerprint density at radius 3 is 2.44 bits per heavy atom. The first-order chi connectivity index (χ1) is 17.4. The molecule has 0 aliphatic carbocycles. The molecule has 6 heteroatoms. The third-order valence-corrected chi connectivity index (χ3v) is 7.83. The molecule has 1 fully saturated rings. The molecule has 182 valence electrons. The average Bonchev–Trinajstić information content (AvgIpc) is 3.29. The smallest absolute Gasteiger partial charge is 0.255 e. The van der Waals surface area contributed by atoms with Crippen LogP contribution in [0.25, 0.3) is 10.9 Å². The number of benzene rings is 3. The minimum absolute atomic E-state index is 0.0352. The van der Waals surface area contributed by atoms with Gasteiger partial charge in [0.15, 0.2) is 5.54 Å². The number of ether oxygens (including phenoxy) is 1. The Morgan fingerprint density at radius 2 is 1.72 bits per heavy atom. The van der Waals surface area contributed by atoms with Crippen molar-refractivity contribution in [2.75, 3.05) is 20.2 Å². The number of piperazine rings is 1. The quantitative estimate of drug-likeness (QED) is 0.461. The topological polar surface area (TPSA) is 65.6 Å². The number of carbonyl (C=O) groups excluding carboxylic acids is 2. The van der Waals surface area contributed by atoms with Crippen LogP contribution in [0.4, 0.5) is 0 Å². The highest BCUT2D eigenvalue weighted by atomic mass is 16.5. The molecule has 2 atom stereocenters. The molecule has 0 spiro atoms. The van der Waals surface area contributed by atoms with Crippen LogP contribution < -0.4 is 4.74 Å². The van der Waals surface area contributed by atoms with Gasteiger partial charge in [0.2, 0.25) is 5.91 Å². The molecule has 0 saturated carbocycles. The van der Waals surface area contributed by atoms with Crippen molar-refractivity contribution in [3.8, 4) is 5.75 Å². The monoisotopic (exact) mass is 479 g/mol. The van der Waals surface area contributed by atoms with E-state index in [-0.39, 0.29) is 24.3 Å². The number of methoxy groups -OCH3 is 1. The summed E-state index contributed by atoms with van der Waals surface area (Å²) >= 11 is 0. The zero-order valence-corrected chi connectivity index (χ0v) is 20.7. The Kier molecular flexibility index (Phi) is 5.14. The van der Waals surface area contributed by atoms with Crippen LogP contribution in [0, 0.1) is 6.92 Å². The van der Waals surface area contributed by atoms with Crippen molar-refractivity contribution in [3.05, 3.63) is 101 Å². The molecule has 1 N–H and O–H groups in total. The molecule has 1 aromatic heterocycles. The minimum Gasteiger partial charge on any atom is -0.497 e. The van der Waals surface area contributed by atoms with E-state index in [2.05, 4.69) is 23.2 Å². The molecule has 3 heterocycles. The van der Waals surface area contributed by atoms with Crippen molar-refractivity contribution in [2.24, 2.45) is 0 Å². The zero-order chi connectivity index (χ0) is 25.0. The lowest BCUT2D eigenvalue weighted by molar-refractivity contribution is -0.166. The van der Waals surface area contributed by atoms with Crippen LogP contribution in [0.2, 0.25) is 0 Å². The van der Waals surface area contributed by atoms with E-state index in [1.54, 1.807) is 16.9 Å². The number of nitrogens with zero attached hydrogens (tertiary/aromatic N) is 2. The number of nitrogens with one attached hydrogen (secondary N) is 1. The van der Waals surface area contributed by atoms with Crippen LogP contribution in [-0.2, 0) is 21.7 Å². The molecule has 0 bridgehead atoms. The van der Waals surface area contributed by atoms with Gasteiger partial charge in [-0.05, 0) is 48.7 Å². The Balaban J connectivity index is 1.48. The second-order valence-corrected chi connectivity index (χ2v) is 10.0. The summed E-state index contributed by atoms with van der Waals surface area (Å²) in [6.07, 6.45) is 0. The number of aryl methyl sites for hydroxylation is 1. The molecule has 0 unspecified atom stereocenters. The SMILES string of the molecule is COc1ccc([C@H]2CN3C(=O)CN(Cc4ccc(C)cc4)C(=O)[C@]3(C)c3[nH]c4ccccc4c32)cc1. The van der Waals surface area contributed by atoms with E-state index >= 15 is 0 Å². The maximum atomic E-state index is 14.2. The Bertz CT molecular complexity index is 1470. The predicted octanol–water partition coefficient (Wildman–Crippen LogP) is 4.72. The molecule has 2 aliphatic heterocycles. The molecular formula is C30H29N3O3. The van der Waals surface area contributed by atoms with E-state index in [4.69, 9.17) is 4.74 Å². The van der Waals surface area contributed by atoms with Gasteiger partial charge >= 0.3 is 0 Å². The van der Waals surface area contributed by atoms with Gasteiger partial charge < -0.3 is 19.5 Å². The first-order valence-corrected chi connectivity index (χ1v) is 12.3. The molecular weight excluding hydrogens is 450 g/mol. The van der Waals surface area contributed by atoms with Gasteiger partial charge in [-0.2, -0.15) is 0 Å². The second-order valence-electron chi connectivity index (χ2n) is 10.0. The first kappa shape index (κ1) is 22.4. The van der Waals surface area contributed by atoms with Crippen molar-refractivity contribution < 1.29 is 14.3 Å². The van der Waals surface area contributed by atoms with E-state index in [9.17, 15) is 9.59 Å². The summed E-state index contributed by atoms with van der Waals surface area (Å²) < 4.78 is 5.36. The van der Waals surface area contributed by atoms with Crippen LogP contribution in [0.15, 0.2) is 72.8 Å². The molecule has 6 nitrogen and oxygen atoms in total. The molecule has 4 aromatic rings. The van der Waals surface area contributed by atoms with Crippen LogP contribution in [-0.4, -0.2) is 46.8 Å². The van der Waals surface area contributed by atoms with Crippen LogP contribution in [0.1, 0.15) is 40.8 Å². The number of amides is 2. The summed E-state index contributed by atoms with van der Waals surface area (Å²) in [4.78, 5) is 34.8. The standard InChI is InChI=1S/C30H29N3O3/c1-19-8-10-20(11-9-19)16-32-18-26(34)33-17-24(21-12-14-22(36-3)15-13-21)27-23-6-4-5-7-25(23)31-28(27)30(33,2)29(32)35/h4-15,24,31H,16-18H2,1-3H3/t24-,30+/m1/s1. The summed E-state index contributed by atoms with van der Waals surface area (Å²) in [6.45, 7) is 4.86. The summed E-state index contributed by atoms with van der Waals surface area (Å²) in [7, 11) is 1.65. The second kappa shape index (κ2) is 8.26. The highest BCUT2D eigenvalue weighted by Crippen LogP contribution is 2.48. The summed E-state index contributed by atoms with van der Waals surface area (Å²) in [5.41, 5.74) is 5.04. The fraction of sp³-hybridized carbons (Fsp3) is 0.267. The summed E-state index contributed by atoms with van der Waals surface area (Å²) in [5, 5.41) is 1.09. The third-order valence-electron chi connectivity index (χ3n) is 7.83. The van der Waals surface area contributed by atoms with E-state index in [0.29, 0.717) is 13.1 Å². The van der Waals surface area contributed by atoms with Crippen molar-refractivity contribution in [3.63, 3.8) is 0 Å². The van der Waals surface area contributed by atoms with Crippen molar-refractivity contribution in [2.45, 2.75) is 31.8 Å². The van der Waals surface area contributed by atoms with Crippen LogP contribution >= 0.6 is 0 Å². The maximum absolute atomic E-state index is 14.2. The lowest BCUT2D eigenvalue weighted by Crippen LogP contribution is -2.67. The predicted molar refractivity (Wildman–Crippen MR) is 139 cm³/mol. The molecule has 36 heavy (non-hydrogen) atoms. The van der Waals surface area contributed by atoms with E-state index < -0.39 is 5.54 Å². The van der Waals surface area contributed by atoms with Crippen molar-refractivity contribution in [1.29, 1.82) is 0 Å². The van der Waals surface area contributed by atoms with Gasteiger partial charge in [-0.25, -0.2) is 0 Å². The maximum Gasteiger partial charge on any atom is 0.255 e. The van der Waals surface area contributed by atoms with Gasteiger partial charge in [0.1, 0.15) is 12.3 Å². The summed E-state index contributed by atoms with van der Waals surface area (Å²) in [5.74, 6) is 0.640. The van der Waals surface area contributed by atoms with E-state index in [1.165, 1.54) is 0 Å². The summed E-state index contributed by atoms with van der Waals surface area (Å²) in [6, 6.07) is 24.3. The number of hydrogen-bond donors (Lipinski definition) is 1. The van der Waals surface area contributed by atoms with Crippen LogP contribution in [0.5, 0.6) is 5.75 Å². The number of H-pyrrole nitrogens is 1.